The minimum atomic E-state index is 0.457. The van der Waals surface area contributed by atoms with E-state index in [1.807, 2.05) is 0 Å². The first kappa shape index (κ1) is 11.0. The third kappa shape index (κ3) is 6.36. The van der Waals surface area contributed by atoms with Crippen molar-refractivity contribution in [1.29, 1.82) is 0 Å². The summed E-state index contributed by atoms with van der Waals surface area (Å²) in [6.45, 7) is 11.7. The van der Waals surface area contributed by atoms with Gasteiger partial charge in [-0.3, -0.25) is 0 Å². The first-order valence-corrected chi connectivity index (χ1v) is 4.59. The van der Waals surface area contributed by atoms with Gasteiger partial charge in [-0.25, -0.2) is 0 Å². The monoisotopic (exact) mass is 158 g/mol. The summed E-state index contributed by atoms with van der Waals surface area (Å²) in [5, 5.41) is 0. The van der Waals surface area contributed by atoms with Crippen LogP contribution in [0.1, 0.15) is 34.1 Å². The van der Waals surface area contributed by atoms with Crippen molar-refractivity contribution in [3.8, 4) is 0 Å². The second-order valence-corrected chi connectivity index (χ2v) is 5.38. The van der Waals surface area contributed by atoms with E-state index in [1.165, 1.54) is 19.5 Å². The maximum Gasteiger partial charge on any atom is 0.0831 e. The van der Waals surface area contributed by atoms with E-state index in [1.54, 1.807) is 0 Å². The summed E-state index contributed by atoms with van der Waals surface area (Å²) in [5.74, 6) is 0. The fraction of sp³-hybridized carbons (Fsp3) is 1.00. The molecular weight excluding hydrogens is 134 g/mol. The molecule has 0 bridgehead atoms. The van der Waals surface area contributed by atoms with Gasteiger partial charge in [0.05, 0.1) is 27.2 Å². The molecule has 68 valence electrons. The van der Waals surface area contributed by atoms with E-state index >= 15 is 0 Å². The van der Waals surface area contributed by atoms with Crippen LogP contribution in [0.25, 0.3) is 0 Å². The predicted molar refractivity (Wildman–Crippen MR) is 51.6 cm³/mol. The molecule has 0 fully saturated rings. The van der Waals surface area contributed by atoms with Gasteiger partial charge in [0.2, 0.25) is 0 Å². The molecule has 0 aromatic heterocycles. The summed E-state index contributed by atoms with van der Waals surface area (Å²) in [7, 11) is 4.63. The van der Waals surface area contributed by atoms with Crippen molar-refractivity contribution in [1.82, 2.24) is 0 Å². The molecule has 0 heterocycles. The van der Waals surface area contributed by atoms with Crippen LogP contribution in [0.4, 0.5) is 0 Å². The predicted octanol–water partition coefficient (Wildman–Crippen LogP) is 2.52. The summed E-state index contributed by atoms with van der Waals surface area (Å²) in [6.07, 6.45) is 1.28. The molecule has 0 radical (unpaired) electrons. The van der Waals surface area contributed by atoms with Gasteiger partial charge in [0.15, 0.2) is 0 Å². The molecule has 0 aliphatic heterocycles. The highest BCUT2D eigenvalue weighted by Crippen LogP contribution is 2.18. The summed E-state index contributed by atoms with van der Waals surface area (Å²) >= 11 is 0. The number of quaternary nitrogens is 1. The Morgan fingerprint density at radius 1 is 1.09 bits per heavy atom. The van der Waals surface area contributed by atoms with Crippen LogP contribution in [0, 0.1) is 5.41 Å². The average molecular weight is 158 g/mol. The molecule has 0 aliphatic rings. The first-order chi connectivity index (χ1) is 4.77. The van der Waals surface area contributed by atoms with Gasteiger partial charge in [0, 0.05) is 5.41 Å². The van der Waals surface area contributed by atoms with Crippen molar-refractivity contribution >= 4 is 0 Å². The molecule has 0 N–H and O–H groups in total. The lowest BCUT2D eigenvalue weighted by atomic mass is 9.95. The number of nitrogens with zero attached hydrogens (tertiary/aromatic N) is 1. The van der Waals surface area contributed by atoms with Crippen LogP contribution < -0.4 is 0 Å². The SMILES string of the molecule is CCC[N+](C)(C)CC(C)(C)C. The van der Waals surface area contributed by atoms with Crippen LogP contribution in [0.2, 0.25) is 0 Å². The van der Waals surface area contributed by atoms with Crippen LogP contribution in [0.5, 0.6) is 0 Å². The fourth-order valence-corrected chi connectivity index (χ4v) is 1.97. The third-order valence-corrected chi connectivity index (χ3v) is 1.73. The molecule has 0 unspecified atom stereocenters. The van der Waals surface area contributed by atoms with Crippen LogP contribution in [0.15, 0.2) is 0 Å². The van der Waals surface area contributed by atoms with Crippen LogP contribution in [0.3, 0.4) is 0 Å². The summed E-state index contributed by atoms with van der Waals surface area (Å²) < 4.78 is 1.15. The molecule has 0 saturated carbocycles. The van der Waals surface area contributed by atoms with E-state index in [0.717, 1.165) is 4.48 Å². The maximum atomic E-state index is 2.31. The van der Waals surface area contributed by atoms with Crippen LogP contribution in [-0.4, -0.2) is 31.7 Å². The second kappa shape index (κ2) is 3.57. The smallest absolute Gasteiger partial charge is 0.0831 e. The highest BCUT2D eigenvalue weighted by molar-refractivity contribution is 4.59. The van der Waals surface area contributed by atoms with Crippen molar-refractivity contribution < 1.29 is 4.48 Å². The highest BCUT2D eigenvalue weighted by Gasteiger charge is 2.23. The number of rotatable bonds is 3. The molecule has 0 aromatic rings. The Labute approximate surface area is 72.0 Å². The zero-order valence-corrected chi connectivity index (χ0v) is 9.07. The Balaban J connectivity index is 3.91. The van der Waals surface area contributed by atoms with Gasteiger partial charge < -0.3 is 4.48 Å². The Hall–Kier alpha value is -0.0400. The van der Waals surface area contributed by atoms with Crippen LogP contribution >= 0.6 is 0 Å². The van der Waals surface area contributed by atoms with Gasteiger partial charge >= 0.3 is 0 Å². The van der Waals surface area contributed by atoms with Crippen molar-refractivity contribution in [3.05, 3.63) is 0 Å². The molecule has 0 aromatic carbocycles. The molecule has 0 amide bonds. The van der Waals surface area contributed by atoms with Gasteiger partial charge in [-0.2, -0.15) is 0 Å². The average Bonchev–Trinajstić information content (AvgIpc) is 1.55. The quantitative estimate of drug-likeness (QED) is 0.554. The zero-order valence-electron chi connectivity index (χ0n) is 9.07. The Morgan fingerprint density at radius 2 is 1.55 bits per heavy atom. The molecule has 0 saturated heterocycles. The minimum Gasteiger partial charge on any atom is -0.328 e. The van der Waals surface area contributed by atoms with Gasteiger partial charge in [-0.1, -0.05) is 27.7 Å². The maximum absolute atomic E-state index is 2.31. The topological polar surface area (TPSA) is 0 Å². The standard InChI is InChI=1S/C10H24N/c1-7-8-11(5,6)9-10(2,3)4/h7-9H2,1-6H3/q+1. The van der Waals surface area contributed by atoms with E-state index < -0.39 is 0 Å². The molecule has 1 heteroatoms. The number of hydrogen-bond donors (Lipinski definition) is 0. The van der Waals surface area contributed by atoms with Crippen molar-refractivity contribution in [2.45, 2.75) is 34.1 Å². The fourth-order valence-electron chi connectivity index (χ4n) is 1.97. The van der Waals surface area contributed by atoms with Crippen molar-refractivity contribution in [3.63, 3.8) is 0 Å². The van der Waals surface area contributed by atoms with E-state index in [0.29, 0.717) is 5.41 Å². The van der Waals surface area contributed by atoms with Gasteiger partial charge in [0.25, 0.3) is 0 Å². The Bertz CT molecular complexity index is 109. The molecule has 0 spiro atoms. The third-order valence-electron chi connectivity index (χ3n) is 1.73. The van der Waals surface area contributed by atoms with Gasteiger partial charge in [0.1, 0.15) is 0 Å². The Kier molecular flexibility index (Phi) is 3.56. The van der Waals surface area contributed by atoms with Crippen molar-refractivity contribution in [2.75, 3.05) is 27.2 Å². The largest absolute Gasteiger partial charge is 0.328 e. The minimum absolute atomic E-state index is 0.457. The lowest BCUT2D eigenvalue weighted by molar-refractivity contribution is -0.896. The summed E-state index contributed by atoms with van der Waals surface area (Å²) in [6, 6.07) is 0. The normalized spacial score (nSPS) is 13.6. The van der Waals surface area contributed by atoms with E-state index in [9.17, 15) is 0 Å². The summed E-state index contributed by atoms with van der Waals surface area (Å²) in [4.78, 5) is 0. The Morgan fingerprint density at radius 3 is 1.82 bits per heavy atom. The highest BCUT2D eigenvalue weighted by atomic mass is 15.3. The molecule has 1 nitrogen and oxygen atoms in total. The van der Waals surface area contributed by atoms with Gasteiger partial charge in [-0.15, -0.1) is 0 Å². The number of hydrogen-bond acceptors (Lipinski definition) is 0. The van der Waals surface area contributed by atoms with Crippen molar-refractivity contribution in [2.24, 2.45) is 5.41 Å². The lowest BCUT2D eigenvalue weighted by Gasteiger charge is -2.35. The van der Waals surface area contributed by atoms with Gasteiger partial charge in [-0.05, 0) is 6.42 Å². The second-order valence-electron chi connectivity index (χ2n) is 5.38. The molecule has 0 atom stereocenters. The molecule has 0 rings (SSSR count). The molecule has 0 aliphatic carbocycles. The van der Waals surface area contributed by atoms with Crippen LogP contribution in [-0.2, 0) is 0 Å². The van der Waals surface area contributed by atoms with E-state index in [2.05, 4.69) is 41.8 Å². The first-order valence-electron chi connectivity index (χ1n) is 4.59. The zero-order chi connectivity index (χ0) is 9.12. The van der Waals surface area contributed by atoms with E-state index in [4.69, 9.17) is 0 Å². The van der Waals surface area contributed by atoms with E-state index in [-0.39, 0.29) is 0 Å². The summed E-state index contributed by atoms with van der Waals surface area (Å²) in [5.41, 5.74) is 0.457. The molecular formula is C10H24N+. The molecule has 11 heavy (non-hydrogen) atoms. The lowest BCUT2D eigenvalue weighted by Crippen LogP contribution is -2.45.